The molecule has 178 valence electrons. The van der Waals surface area contributed by atoms with Gasteiger partial charge in [0.05, 0.1) is 11.9 Å². The minimum absolute atomic E-state index is 0.0873. The number of amides is 1. The van der Waals surface area contributed by atoms with Crippen molar-refractivity contribution in [3.05, 3.63) is 60.4 Å². The highest BCUT2D eigenvalue weighted by atomic mass is 32.2. The maximum Gasteiger partial charge on any atom is 0.387 e. The lowest BCUT2D eigenvalue weighted by atomic mass is 10.1. The molecule has 0 saturated heterocycles. The van der Waals surface area contributed by atoms with Gasteiger partial charge in [-0.05, 0) is 30.5 Å². The van der Waals surface area contributed by atoms with Gasteiger partial charge in [0.1, 0.15) is 23.6 Å². The molecule has 0 fully saturated rings. The van der Waals surface area contributed by atoms with Crippen LogP contribution in [0.5, 0.6) is 5.75 Å². The zero-order valence-corrected chi connectivity index (χ0v) is 18.8. The van der Waals surface area contributed by atoms with Gasteiger partial charge in [-0.3, -0.25) is 9.48 Å². The van der Waals surface area contributed by atoms with Gasteiger partial charge in [0, 0.05) is 29.0 Å². The van der Waals surface area contributed by atoms with Gasteiger partial charge in [-0.2, -0.15) is 24.2 Å². The molecule has 12 nitrogen and oxygen atoms in total. The van der Waals surface area contributed by atoms with E-state index in [9.17, 15) is 13.6 Å². The van der Waals surface area contributed by atoms with E-state index in [-0.39, 0.29) is 34.8 Å². The maximum absolute atomic E-state index is 13.1. The highest BCUT2D eigenvalue weighted by Crippen LogP contribution is 2.37. The minimum Gasteiger partial charge on any atom is -0.434 e. The van der Waals surface area contributed by atoms with Crippen molar-refractivity contribution in [2.24, 2.45) is 0 Å². The second kappa shape index (κ2) is 9.46. The fourth-order valence-electron chi connectivity index (χ4n) is 3.38. The van der Waals surface area contributed by atoms with Crippen molar-refractivity contribution in [1.29, 1.82) is 0 Å². The van der Waals surface area contributed by atoms with Crippen molar-refractivity contribution in [1.82, 2.24) is 45.0 Å². The van der Waals surface area contributed by atoms with Crippen molar-refractivity contribution >= 4 is 29.0 Å². The molecule has 2 N–H and O–H groups in total. The molecule has 0 unspecified atom stereocenters. The van der Waals surface area contributed by atoms with Crippen LogP contribution in [0.25, 0.3) is 16.9 Å². The van der Waals surface area contributed by atoms with Gasteiger partial charge in [0.2, 0.25) is 0 Å². The Morgan fingerprint density at radius 3 is 3.00 bits per heavy atom. The molecule has 0 bridgehead atoms. The number of H-pyrrole nitrogens is 1. The van der Waals surface area contributed by atoms with E-state index in [1.807, 2.05) is 6.26 Å². The number of aromatic nitrogens is 9. The molecule has 0 aliphatic carbocycles. The third kappa shape index (κ3) is 4.65. The molecule has 0 radical (unpaired) electrons. The van der Waals surface area contributed by atoms with E-state index in [0.29, 0.717) is 11.5 Å². The summed E-state index contributed by atoms with van der Waals surface area (Å²) in [6.45, 7) is -2.93. The monoisotopic (exact) mass is 498 g/mol. The maximum atomic E-state index is 13.1. The molecule has 1 aromatic carbocycles. The average Bonchev–Trinajstić information content (AvgIpc) is 3.59. The van der Waals surface area contributed by atoms with Crippen LogP contribution in [-0.2, 0) is 6.54 Å². The summed E-state index contributed by atoms with van der Waals surface area (Å²) < 4.78 is 33.9. The van der Waals surface area contributed by atoms with Crippen LogP contribution in [-0.4, -0.2) is 63.8 Å². The Morgan fingerprint density at radius 1 is 1.34 bits per heavy atom. The Hall–Kier alpha value is -4.40. The number of hydrogen-bond donors (Lipinski definition) is 2. The molecule has 0 spiro atoms. The zero-order valence-electron chi connectivity index (χ0n) is 18.0. The zero-order chi connectivity index (χ0) is 24.4. The number of tetrazole rings is 1. The first-order valence-corrected chi connectivity index (χ1v) is 11.3. The van der Waals surface area contributed by atoms with Gasteiger partial charge in [-0.1, -0.05) is 5.21 Å². The quantitative estimate of drug-likeness (QED) is 0.309. The predicted molar refractivity (Wildman–Crippen MR) is 120 cm³/mol. The second-order valence-electron chi connectivity index (χ2n) is 7.06. The Kier molecular flexibility index (Phi) is 6.05. The molecule has 0 aliphatic heterocycles. The number of aromatic amines is 1. The van der Waals surface area contributed by atoms with E-state index in [4.69, 9.17) is 4.74 Å². The first-order chi connectivity index (χ1) is 17.0. The number of halogens is 2. The van der Waals surface area contributed by atoms with Gasteiger partial charge in [0.15, 0.2) is 11.5 Å². The smallest absolute Gasteiger partial charge is 0.387 e. The summed E-state index contributed by atoms with van der Waals surface area (Å²) in [5.74, 6) is -0.252. The SMILES string of the molecule is CSc1ccc(OC(F)F)c(-c2nn(Cc3nn[nH]n3)cc2NC(=O)c2cnn3cccnc23)c1. The van der Waals surface area contributed by atoms with E-state index < -0.39 is 12.5 Å². The number of benzene rings is 1. The van der Waals surface area contributed by atoms with Crippen LogP contribution in [0.2, 0.25) is 0 Å². The number of ether oxygens (including phenoxy) is 1. The molecule has 35 heavy (non-hydrogen) atoms. The van der Waals surface area contributed by atoms with Gasteiger partial charge in [-0.15, -0.1) is 22.0 Å². The lowest BCUT2D eigenvalue weighted by Crippen LogP contribution is -2.12. The van der Waals surface area contributed by atoms with Crippen molar-refractivity contribution in [2.75, 3.05) is 11.6 Å². The molecule has 5 rings (SSSR count). The lowest BCUT2D eigenvalue weighted by molar-refractivity contribution is -0.0494. The summed E-state index contributed by atoms with van der Waals surface area (Å²) >= 11 is 1.42. The number of nitrogens with zero attached hydrogens (tertiary/aromatic N) is 8. The van der Waals surface area contributed by atoms with Crippen LogP contribution in [0.1, 0.15) is 16.2 Å². The van der Waals surface area contributed by atoms with E-state index in [1.165, 1.54) is 33.2 Å². The first kappa shape index (κ1) is 22.4. The number of carbonyl (C=O) groups is 1. The van der Waals surface area contributed by atoms with Crippen LogP contribution < -0.4 is 10.1 Å². The van der Waals surface area contributed by atoms with Gasteiger partial charge < -0.3 is 10.1 Å². The van der Waals surface area contributed by atoms with Crippen LogP contribution in [0.15, 0.2) is 53.9 Å². The van der Waals surface area contributed by atoms with Crippen LogP contribution >= 0.6 is 11.8 Å². The summed E-state index contributed by atoms with van der Waals surface area (Å²) in [7, 11) is 0. The van der Waals surface area contributed by atoms with Gasteiger partial charge >= 0.3 is 6.61 Å². The second-order valence-corrected chi connectivity index (χ2v) is 7.94. The predicted octanol–water partition coefficient (Wildman–Crippen LogP) is 2.73. The van der Waals surface area contributed by atoms with E-state index in [1.54, 1.807) is 36.8 Å². The fraction of sp³-hybridized carbons (Fsp3) is 0.150. The van der Waals surface area contributed by atoms with Crippen LogP contribution in [0.3, 0.4) is 0 Å². The number of carbonyl (C=O) groups excluding carboxylic acids is 1. The summed E-state index contributed by atoms with van der Waals surface area (Å²) in [6.07, 6.45) is 7.99. The fourth-order valence-corrected chi connectivity index (χ4v) is 3.82. The molecule has 0 saturated carbocycles. The first-order valence-electron chi connectivity index (χ1n) is 10.0. The van der Waals surface area contributed by atoms with Crippen LogP contribution in [0.4, 0.5) is 14.5 Å². The topological polar surface area (TPSA) is 141 Å². The number of fused-ring (bicyclic) bond motifs is 1. The third-order valence-electron chi connectivity index (χ3n) is 4.88. The third-order valence-corrected chi connectivity index (χ3v) is 5.61. The number of rotatable bonds is 8. The molecule has 15 heteroatoms. The number of hydrogen-bond acceptors (Lipinski definition) is 9. The highest BCUT2D eigenvalue weighted by molar-refractivity contribution is 7.98. The van der Waals surface area contributed by atoms with Crippen molar-refractivity contribution in [2.45, 2.75) is 18.1 Å². The molecule has 4 aromatic heterocycles. The largest absolute Gasteiger partial charge is 0.434 e. The minimum atomic E-state index is -3.04. The molecule has 0 aliphatic rings. The Balaban J connectivity index is 1.58. The average molecular weight is 498 g/mol. The molecule has 1 amide bonds. The lowest BCUT2D eigenvalue weighted by Gasteiger charge is -2.12. The molecular formula is C20H16F2N10O2S. The number of alkyl halides is 2. The van der Waals surface area contributed by atoms with E-state index >= 15 is 0 Å². The Morgan fingerprint density at radius 2 is 2.23 bits per heavy atom. The summed E-state index contributed by atoms with van der Waals surface area (Å²) in [6, 6.07) is 6.44. The summed E-state index contributed by atoms with van der Waals surface area (Å²) in [5, 5.41) is 25.1. The summed E-state index contributed by atoms with van der Waals surface area (Å²) in [5.41, 5.74) is 1.34. The Labute approximate surface area is 199 Å². The van der Waals surface area contributed by atoms with Crippen molar-refractivity contribution < 1.29 is 18.3 Å². The van der Waals surface area contributed by atoms with Gasteiger partial charge in [-0.25, -0.2) is 9.50 Å². The standard InChI is InChI=1S/C20H16F2N10O2S/c1-35-11-3-4-15(34-20(21)22)12(7-11)17-14(9-31(28-17)10-16-26-29-30-27-16)25-19(33)13-8-24-32-6-2-5-23-18(13)32/h2-9,20H,10H2,1H3,(H,25,33)(H,26,27,29,30). The molecule has 4 heterocycles. The number of nitrogens with one attached hydrogen (secondary N) is 2. The van der Waals surface area contributed by atoms with E-state index in [0.717, 1.165) is 4.90 Å². The van der Waals surface area contributed by atoms with Gasteiger partial charge in [0.25, 0.3) is 5.91 Å². The van der Waals surface area contributed by atoms with E-state index in [2.05, 4.69) is 41.1 Å². The molecular weight excluding hydrogens is 482 g/mol. The Bertz CT molecular complexity index is 1480. The molecule has 0 atom stereocenters. The van der Waals surface area contributed by atoms with Crippen molar-refractivity contribution in [3.8, 4) is 17.0 Å². The van der Waals surface area contributed by atoms with Crippen LogP contribution in [0, 0.1) is 0 Å². The number of thioether (sulfide) groups is 1. The normalized spacial score (nSPS) is 11.3. The summed E-state index contributed by atoms with van der Waals surface area (Å²) in [4.78, 5) is 18.1. The molecule has 5 aromatic rings. The van der Waals surface area contributed by atoms with Crippen molar-refractivity contribution in [3.63, 3.8) is 0 Å². The number of anilines is 1. The highest BCUT2D eigenvalue weighted by Gasteiger charge is 2.22.